The van der Waals surface area contributed by atoms with E-state index in [2.05, 4.69) is 24.9 Å². The maximum Gasteiger partial charge on any atom is 0.269 e. The molecule has 0 atom stereocenters. The molecular weight excluding hydrogens is 288 g/mol. The number of carbonyl (C=O) groups excluding carboxylic acids is 1. The van der Waals surface area contributed by atoms with Crippen molar-refractivity contribution in [2.75, 3.05) is 23.3 Å². The van der Waals surface area contributed by atoms with Crippen LogP contribution in [0.2, 0.25) is 0 Å². The minimum atomic E-state index is -0.168. The number of aryl methyl sites for hydroxylation is 2. The first-order valence-corrected chi connectivity index (χ1v) is 7.74. The molecule has 0 bridgehead atoms. The van der Waals surface area contributed by atoms with Gasteiger partial charge in [0.1, 0.15) is 10.6 Å². The Labute approximate surface area is 127 Å². The Morgan fingerprint density at radius 3 is 2.62 bits per heavy atom. The first-order chi connectivity index (χ1) is 10.1. The molecule has 21 heavy (non-hydrogen) atoms. The fourth-order valence-corrected chi connectivity index (χ4v) is 3.05. The molecule has 3 heterocycles. The molecule has 0 aliphatic carbocycles. The Bertz CT molecular complexity index is 670. The molecule has 112 valence electrons. The molecule has 1 saturated heterocycles. The van der Waals surface area contributed by atoms with Gasteiger partial charge in [0.2, 0.25) is 0 Å². The van der Waals surface area contributed by atoms with Crippen molar-refractivity contribution in [3.8, 4) is 0 Å². The summed E-state index contributed by atoms with van der Waals surface area (Å²) in [5.41, 5.74) is 2.39. The molecule has 0 radical (unpaired) electrons. The van der Waals surface area contributed by atoms with E-state index >= 15 is 0 Å². The zero-order chi connectivity index (χ0) is 15.0. The highest BCUT2D eigenvalue weighted by molar-refractivity contribution is 7.08. The van der Waals surface area contributed by atoms with Crippen molar-refractivity contribution in [3.63, 3.8) is 0 Å². The van der Waals surface area contributed by atoms with Crippen molar-refractivity contribution in [3.05, 3.63) is 16.3 Å². The van der Waals surface area contributed by atoms with E-state index < -0.39 is 0 Å². The fraction of sp³-hybridized carbons (Fsp3) is 0.538. The summed E-state index contributed by atoms with van der Waals surface area (Å²) in [4.78, 5) is 15.2. The van der Waals surface area contributed by atoms with Crippen LogP contribution in [0.25, 0.3) is 0 Å². The molecule has 7 nitrogen and oxygen atoms in total. The molecule has 0 spiro atoms. The predicted molar refractivity (Wildman–Crippen MR) is 82.0 cm³/mol. The van der Waals surface area contributed by atoms with Gasteiger partial charge in [-0.15, -0.1) is 5.10 Å². The van der Waals surface area contributed by atoms with Crippen LogP contribution in [0.15, 0.2) is 0 Å². The molecule has 1 aliphatic rings. The number of nitrogens with zero attached hydrogens (tertiary/aromatic N) is 5. The van der Waals surface area contributed by atoms with E-state index in [4.69, 9.17) is 0 Å². The van der Waals surface area contributed by atoms with Gasteiger partial charge < -0.3 is 10.2 Å². The van der Waals surface area contributed by atoms with Crippen molar-refractivity contribution in [2.45, 2.75) is 26.7 Å². The Hall–Kier alpha value is -1.96. The molecule has 2 aromatic rings. The number of hydrogen-bond donors (Lipinski definition) is 1. The predicted octanol–water partition coefficient (Wildman–Crippen LogP) is 1.74. The number of amides is 1. The fourth-order valence-electron chi connectivity index (χ4n) is 2.50. The standard InChI is InChI=1S/C13H18N6OS/c1-8-11(21-17-15-8)13(20)14-10-9(2)18(3)16-12(10)19-6-4-5-7-19/h4-7H2,1-3H3,(H,14,20). The lowest BCUT2D eigenvalue weighted by Crippen LogP contribution is -2.21. The van der Waals surface area contributed by atoms with Gasteiger partial charge in [0.15, 0.2) is 5.82 Å². The van der Waals surface area contributed by atoms with Crippen LogP contribution in [-0.2, 0) is 7.05 Å². The van der Waals surface area contributed by atoms with Crippen LogP contribution in [0, 0.1) is 13.8 Å². The summed E-state index contributed by atoms with van der Waals surface area (Å²) in [5, 5.41) is 11.4. The van der Waals surface area contributed by atoms with Gasteiger partial charge in [0.05, 0.1) is 11.4 Å². The number of carbonyl (C=O) groups is 1. The third kappa shape index (κ3) is 2.51. The normalized spacial score (nSPS) is 14.7. The van der Waals surface area contributed by atoms with Gasteiger partial charge in [-0.3, -0.25) is 9.48 Å². The van der Waals surface area contributed by atoms with E-state index in [-0.39, 0.29) is 5.91 Å². The van der Waals surface area contributed by atoms with E-state index in [1.54, 1.807) is 11.6 Å². The number of rotatable bonds is 3. The number of aromatic nitrogens is 4. The Morgan fingerprint density at radius 2 is 2.00 bits per heavy atom. The maximum absolute atomic E-state index is 12.4. The van der Waals surface area contributed by atoms with Gasteiger partial charge in [0, 0.05) is 20.1 Å². The van der Waals surface area contributed by atoms with E-state index in [1.807, 2.05) is 14.0 Å². The quantitative estimate of drug-likeness (QED) is 0.935. The van der Waals surface area contributed by atoms with E-state index in [0.717, 1.165) is 41.8 Å². The minimum Gasteiger partial charge on any atom is -0.353 e. The highest BCUT2D eigenvalue weighted by atomic mass is 32.1. The highest BCUT2D eigenvalue weighted by Crippen LogP contribution is 2.31. The summed E-state index contributed by atoms with van der Waals surface area (Å²) in [7, 11) is 1.89. The Morgan fingerprint density at radius 1 is 1.29 bits per heavy atom. The van der Waals surface area contributed by atoms with Crippen molar-refractivity contribution < 1.29 is 4.79 Å². The molecular formula is C13H18N6OS. The van der Waals surface area contributed by atoms with Gasteiger partial charge in [-0.2, -0.15) is 5.10 Å². The Balaban J connectivity index is 1.91. The van der Waals surface area contributed by atoms with Crippen molar-refractivity contribution in [1.82, 2.24) is 19.4 Å². The average molecular weight is 306 g/mol. The molecule has 2 aromatic heterocycles. The SMILES string of the molecule is Cc1nnsc1C(=O)Nc1c(N2CCCC2)nn(C)c1C. The second kappa shape index (κ2) is 5.44. The minimum absolute atomic E-state index is 0.168. The average Bonchev–Trinajstić information content (AvgIpc) is 3.16. The van der Waals surface area contributed by atoms with Crippen LogP contribution >= 0.6 is 11.5 Å². The molecule has 1 aliphatic heterocycles. The number of nitrogens with one attached hydrogen (secondary N) is 1. The van der Waals surface area contributed by atoms with E-state index in [0.29, 0.717) is 10.6 Å². The first kappa shape index (κ1) is 14.0. The van der Waals surface area contributed by atoms with Crippen molar-refractivity contribution in [1.29, 1.82) is 0 Å². The number of anilines is 2. The van der Waals surface area contributed by atoms with Crippen LogP contribution in [0.1, 0.15) is 33.9 Å². The van der Waals surface area contributed by atoms with Crippen LogP contribution in [0.5, 0.6) is 0 Å². The first-order valence-electron chi connectivity index (χ1n) is 6.96. The molecule has 8 heteroatoms. The second-order valence-electron chi connectivity index (χ2n) is 5.24. The molecule has 0 aromatic carbocycles. The van der Waals surface area contributed by atoms with Crippen LogP contribution in [0.4, 0.5) is 11.5 Å². The van der Waals surface area contributed by atoms with Crippen LogP contribution in [0.3, 0.4) is 0 Å². The summed E-state index contributed by atoms with van der Waals surface area (Å²) in [6, 6.07) is 0. The molecule has 1 fully saturated rings. The zero-order valence-electron chi connectivity index (χ0n) is 12.4. The topological polar surface area (TPSA) is 75.9 Å². The van der Waals surface area contributed by atoms with Gasteiger partial charge in [0.25, 0.3) is 5.91 Å². The van der Waals surface area contributed by atoms with Gasteiger partial charge in [-0.25, -0.2) is 0 Å². The second-order valence-corrected chi connectivity index (χ2v) is 6.00. The zero-order valence-corrected chi connectivity index (χ0v) is 13.2. The van der Waals surface area contributed by atoms with E-state index in [9.17, 15) is 4.79 Å². The summed E-state index contributed by atoms with van der Waals surface area (Å²) in [5.74, 6) is 0.690. The smallest absolute Gasteiger partial charge is 0.269 e. The largest absolute Gasteiger partial charge is 0.353 e. The lowest BCUT2D eigenvalue weighted by molar-refractivity contribution is 0.102. The van der Waals surface area contributed by atoms with Gasteiger partial charge in [-0.1, -0.05) is 4.49 Å². The van der Waals surface area contributed by atoms with Gasteiger partial charge >= 0.3 is 0 Å². The lowest BCUT2D eigenvalue weighted by Gasteiger charge is -2.16. The molecule has 1 N–H and O–H groups in total. The van der Waals surface area contributed by atoms with Crippen LogP contribution < -0.4 is 10.2 Å². The van der Waals surface area contributed by atoms with Crippen LogP contribution in [-0.4, -0.2) is 38.4 Å². The number of hydrogen-bond acceptors (Lipinski definition) is 6. The molecule has 0 unspecified atom stereocenters. The monoisotopic (exact) mass is 306 g/mol. The third-order valence-electron chi connectivity index (χ3n) is 3.82. The van der Waals surface area contributed by atoms with Crippen molar-refractivity contribution >= 4 is 28.9 Å². The Kier molecular flexibility index (Phi) is 3.62. The van der Waals surface area contributed by atoms with E-state index in [1.165, 1.54) is 12.8 Å². The van der Waals surface area contributed by atoms with Crippen molar-refractivity contribution in [2.24, 2.45) is 7.05 Å². The summed E-state index contributed by atoms with van der Waals surface area (Å²) in [6.45, 7) is 5.72. The molecule has 3 rings (SSSR count). The molecule has 1 amide bonds. The third-order valence-corrected chi connectivity index (χ3v) is 4.64. The highest BCUT2D eigenvalue weighted by Gasteiger charge is 2.24. The summed E-state index contributed by atoms with van der Waals surface area (Å²) in [6.07, 6.45) is 2.34. The van der Waals surface area contributed by atoms with Gasteiger partial charge in [-0.05, 0) is 38.2 Å². The molecule has 0 saturated carbocycles. The maximum atomic E-state index is 12.4. The summed E-state index contributed by atoms with van der Waals surface area (Å²) >= 11 is 1.11. The summed E-state index contributed by atoms with van der Waals surface area (Å²) < 4.78 is 5.62. The lowest BCUT2D eigenvalue weighted by atomic mass is 10.3.